The Morgan fingerprint density at radius 3 is 2.17 bits per heavy atom. The highest BCUT2D eigenvalue weighted by Gasteiger charge is 2.50. The first-order chi connectivity index (χ1) is 5.42. The minimum Gasteiger partial charge on any atom is -0.293 e. The van der Waals surface area contributed by atoms with Crippen molar-refractivity contribution in [3.05, 3.63) is 0 Å². The standard InChI is InChI=1S/C6H6I4O2/c7-5(2-1-3-5)4(11)6(8,9)12-10/h1-3H2. The third-order valence-corrected chi connectivity index (χ3v) is 7.25. The van der Waals surface area contributed by atoms with E-state index < -0.39 is 1.61 Å². The van der Waals surface area contributed by atoms with Crippen LogP contribution in [0.4, 0.5) is 0 Å². The molecule has 0 radical (unpaired) electrons. The van der Waals surface area contributed by atoms with Gasteiger partial charge in [0.2, 0.25) is 7.40 Å². The first kappa shape index (κ1) is 12.6. The molecule has 2 nitrogen and oxygen atoms in total. The van der Waals surface area contributed by atoms with Gasteiger partial charge < -0.3 is 0 Å². The van der Waals surface area contributed by atoms with E-state index >= 15 is 0 Å². The van der Waals surface area contributed by atoms with Crippen LogP contribution in [0.1, 0.15) is 19.3 Å². The Labute approximate surface area is 126 Å². The zero-order valence-electron chi connectivity index (χ0n) is 5.95. The molecule has 0 aromatic carbocycles. The molecule has 0 aromatic heterocycles. The topological polar surface area (TPSA) is 26.3 Å². The van der Waals surface area contributed by atoms with E-state index in [9.17, 15) is 4.79 Å². The highest BCUT2D eigenvalue weighted by Crippen LogP contribution is 2.48. The summed E-state index contributed by atoms with van der Waals surface area (Å²) >= 11 is 8.15. The summed E-state index contributed by atoms with van der Waals surface area (Å²) in [6.45, 7) is 0. The SMILES string of the molecule is O=C(C1(I)CCC1)C(I)(I)OI. The van der Waals surface area contributed by atoms with Crippen LogP contribution in [0, 0.1) is 0 Å². The molecular weight excluding hydrogens is 612 g/mol. The second-order valence-electron chi connectivity index (χ2n) is 2.74. The normalized spacial score (nSPS) is 21.7. The summed E-state index contributed by atoms with van der Waals surface area (Å²) in [6.07, 6.45) is 3.17. The van der Waals surface area contributed by atoms with Crippen LogP contribution in [-0.2, 0) is 7.86 Å². The molecule has 0 unspecified atom stereocenters. The summed E-state index contributed by atoms with van der Waals surface area (Å²) in [4.78, 5) is 11.8. The third-order valence-electron chi connectivity index (χ3n) is 1.91. The third kappa shape index (κ3) is 2.56. The monoisotopic (exact) mass is 618 g/mol. The quantitative estimate of drug-likeness (QED) is 0.356. The van der Waals surface area contributed by atoms with Crippen LogP contribution in [0.15, 0.2) is 0 Å². The number of rotatable bonds is 3. The minimum absolute atomic E-state index is 0.148. The average molecular weight is 618 g/mol. The number of hydrogen-bond donors (Lipinski definition) is 0. The number of alkyl halides is 3. The van der Waals surface area contributed by atoms with Crippen molar-refractivity contribution in [3.8, 4) is 0 Å². The highest BCUT2D eigenvalue weighted by molar-refractivity contribution is 14.2. The molecule has 1 aliphatic carbocycles. The smallest absolute Gasteiger partial charge is 0.239 e. The fraction of sp³-hybridized carbons (Fsp3) is 0.833. The molecule has 1 aliphatic rings. The van der Waals surface area contributed by atoms with E-state index in [1.807, 2.05) is 0 Å². The second kappa shape index (κ2) is 4.60. The van der Waals surface area contributed by atoms with Crippen molar-refractivity contribution in [2.75, 3.05) is 0 Å². The largest absolute Gasteiger partial charge is 0.293 e. The molecule has 0 N–H and O–H groups in total. The number of hydrogen-bond acceptors (Lipinski definition) is 2. The predicted molar refractivity (Wildman–Crippen MR) is 81.5 cm³/mol. The van der Waals surface area contributed by atoms with Crippen molar-refractivity contribution in [1.29, 1.82) is 0 Å². The molecule has 70 valence electrons. The molecule has 0 aliphatic heterocycles. The summed E-state index contributed by atoms with van der Waals surface area (Å²) < 4.78 is 4.28. The van der Waals surface area contributed by atoms with Gasteiger partial charge >= 0.3 is 0 Å². The van der Waals surface area contributed by atoms with Crippen molar-refractivity contribution >= 4 is 96.6 Å². The van der Waals surface area contributed by atoms with Crippen LogP contribution in [0.2, 0.25) is 0 Å². The molecule has 1 rings (SSSR count). The van der Waals surface area contributed by atoms with Gasteiger partial charge in [0, 0.05) is 0 Å². The maximum atomic E-state index is 11.8. The average Bonchev–Trinajstić information content (AvgIpc) is 1.99. The molecule has 6 heteroatoms. The number of halogens is 4. The Bertz CT molecular complexity index is 186. The zero-order chi connectivity index (χ0) is 9.41. The lowest BCUT2D eigenvalue weighted by atomic mass is 9.82. The van der Waals surface area contributed by atoms with E-state index in [1.54, 1.807) is 23.0 Å². The van der Waals surface area contributed by atoms with Gasteiger partial charge in [-0.3, -0.25) is 7.86 Å². The predicted octanol–water partition coefficient (Wildman–Crippen LogP) is 3.80. The Balaban J connectivity index is 2.69. The molecule has 0 amide bonds. The van der Waals surface area contributed by atoms with Gasteiger partial charge in [-0.2, -0.15) is 0 Å². The van der Waals surface area contributed by atoms with Crippen LogP contribution in [0.5, 0.6) is 0 Å². The summed E-state index contributed by atoms with van der Waals surface area (Å²) in [5, 5.41) is 0. The molecule has 1 fully saturated rings. The van der Waals surface area contributed by atoms with Crippen LogP contribution < -0.4 is 0 Å². The summed E-state index contributed by atoms with van der Waals surface area (Å²) in [6, 6.07) is 0. The number of Topliss-reactive ketones (excluding diaryl/α,β-unsaturated/α-hetero) is 1. The first-order valence-electron chi connectivity index (χ1n) is 3.34. The van der Waals surface area contributed by atoms with Crippen LogP contribution in [0.3, 0.4) is 0 Å². The molecule has 12 heavy (non-hydrogen) atoms. The van der Waals surface area contributed by atoms with Gasteiger partial charge in [0.15, 0.2) is 0 Å². The molecular formula is C6H6I4O2. The summed E-state index contributed by atoms with van der Waals surface area (Å²) in [7, 11) is 0. The first-order valence-corrected chi connectivity index (χ1v) is 7.45. The van der Waals surface area contributed by atoms with Crippen molar-refractivity contribution in [3.63, 3.8) is 0 Å². The van der Waals surface area contributed by atoms with Gasteiger partial charge in [-0.05, 0) is 64.4 Å². The highest BCUT2D eigenvalue weighted by atomic mass is 127. The fourth-order valence-electron chi connectivity index (χ4n) is 1.01. The van der Waals surface area contributed by atoms with Gasteiger partial charge in [0.25, 0.3) is 0 Å². The van der Waals surface area contributed by atoms with Crippen molar-refractivity contribution in [1.82, 2.24) is 0 Å². The van der Waals surface area contributed by atoms with E-state index in [0.717, 1.165) is 12.8 Å². The van der Waals surface area contributed by atoms with E-state index in [2.05, 4.69) is 67.8 Å². The van der Waals surface area contributed by atoms with Gasteiger partial charge in [-0.15, -0.1) is 0 Å². The van der Waals surface area contributed by atoms with Crippen LogP contribution >= 0.6 is 90.8 Å². The van der Waals surface area contributed by atoms with Crippen molar-refractivity contribution in [2.45, 2.75) is 24.3 Å². The maximum absolute atomic E-state index is 11.8. The molecule has 0 spiro atoms. The molecule has 0 atom stereocenters. The maximum Gasteiger partial charge on any atom is 0.239 e. The minimum atomic E-state index is -0.683. The van der Waals surface area contributed by atoms with Crippen LogP contribution in [0.25, 0.3) is 0 Å². The Morgan fingerprint density at radius 1 is 1.42 bits per heavy atom. The Kier molecular flexibility index (Phi) is 4.83. The second-order valence-corrected chi connectivity index (χ2v) is 10.3. The van der Waals surface area contributed by atoms with Crippen molar-refractivity contribution < 1.29 is 7.86 Å². The Hall–Kier alpha value is 2.55. The van der Waals surface area contributed by atoms with E-state index in [1.165, 1.54) is 6.42 Å². The fourth-order valence-corrected chi connectivity index (χ4v) is 4.42. The summed E-state index contributed by atoms with van der Waals surface area (Å²) in [5.74, 6) is 0.206. The lowest BCUT2D eigenvalue weighted by Gasteiger charge is -2.37. The van der Waals surface area contributed by atoms with E-state index in [-0.39, 0.29) is 9.20 Å². The van der Waals surface area contributed by atoms with Gasteiger partial charge in [0.1, 0.15) is 23.0 Å². The lowest BCUT2D eigenvalue weighted by molar-refractivity contribution is -0.125. The lowest BCUT2D eigenvalue weighted by Crippen LogP contribution is -2.47. The van der Waals surface area contributed by atoms with E-state index in [0.29, 0.717) is 0 Å². The van der Waals surface area contributed by atoms with Gasteiger partial charge in [-0.1, -0.05) is 22.6 Å². The van der Waals surface area contributed by atoms with E-state index in [4.69, 9.17) is 3.07 Å². The molecule has 0 bridgehead atoms. The Morgan fingerprint density at radius 2 is 1.92 bits per heavy atom. The number of carbonyl (C=O) groups excluding carboxylic acids is 1. The molecule has 1 saturated carbocycles. The number of carbonyl (C=O) groups is 1. The molecule has 0 saturated heterocycles. The van der Waals surface area contributed by atoms with Crippen molar-refractivity contribution in [2.24, 2.45) is 0 Å². The number of ketones is 1. The van der Waals surface area contributed by atoms with Gasteiger partial charge in [-0.25, -0.2) is 0 Å². The zero-order valence-corrected chi connectivity index (χ0v) is 14.6. The molecule has 0 heterocycles. The molecule has 0 aromatic rings. The van der Waals surface area contributed by atoms with Gasteiger partial charge in [0.05, 0.1) is 3.42 Å². The van der Waals surface area contributed by atoms with Crippen LogP contribution in [-0.4, -0.2) is 10.8 Å². The summed E-state index contributed by atoms with van der Waals surface area (Å²) in [5.41, 5.74) is 0.